The summed E-state index contributed by atoms with van der Waals surface area (Å²) in [5.41, 5.74) is 2.98. The molecule has 2 aliphatic heterocycles. The molecule has 4 heteroatoms. The smallest absolute Gasteiger partial charge is 0.193 e. The molecule has 4 nitrogen and oxygen atoms in total. The first-order valence-electron chi connectivity index (χ1n) is 9.54. The third-order valence-corrected chi connectivity index (χ3v) is 5.43. The van der Waals surface area contributed by atoms with E-state index in [9.17, 15) is 0 Å². The number of nitrogens with one attached hydrogen (secondary N) is 1. The molecule has 1 fully saturated rings. The number of guanidine groups is 1. The lowest BCUT2D eigenvalue weighted by atomic mass is 9.82. The average Bonchev–Trinajstić information content (AvgIpc) is 2.67. The first-order chi connectivity index (χ1) is 12.3. The Hall–Kier alpha value is -1.81. The molecule has 0 amide bonds. The standard InChI is InChI=1S/C21H31N3O/c1-17-16-24(13-9-20(17)19-6-4-3-5-7-19)21(22-2)23-12-8-18-10-14-25-15-11-18/h3-7,10,17,20H,8-9,11-16H2,1-2H3,(H,22,23). The van der Waals surface area contributed by atoms with Crippen LogP contribution in [0.15, 0.2) is 47.0 Å². The minimum absolute atomic E-state index is 0.632. The Balaban J connectivity index is 1.50. The van der Waals surface area contributed by atoms with Gasteiger partial charge in [0.1, 0.15) is 0 Å². The highest BCUT2D eigenvalue weighted by atomic mass is 16.5. The van der Waals surface area contributed by atoms with Crippen molar-refractivity contribution in [3.8, 4) is 0 Å². The summed E-state index contributed by atoms with van der Waals surface area (Å²) in [5, 5.41) is 3.56. The summed E-state index contributed by atoms with van der Waals surface area (Å²) in [6, 6.07) is 10.9. The molecule has 0 saturated carbocycles. The summed E-state index contributed by atoms with van der Waals surface area (Å²) in [5.74, 6) is 2.34. The summed E-state index contributed by atoms with van der Waals surface area (Å²) in [7, 11) is 1.89. The van der Waals surface area contributed by atoms with Crippen molar-refractivity contribution in [2.45, 2.75) is 32.1 Å². The van der Waals surface area contributed by atoms with Crippen LogP contribution < -0.4 is 5.32 Å². The van der Waals surface area contributed by atoms with Gasteiger partial charge in [0.15, 0.2) is 5.96 Å². The predicted octanol–water partition coefficient (Wildman–Crippen LogP) is 3.42. The van der Waals surface area contributed by atoms with Crippen molar-refractivity contribution in [3.63, 3.8) is 0 Å². The molecule has 0 spiro atoms. The van der Waals surface area contributed by atoms with E-state index in [1.807, 2.05) is 7.05 Å². The molecule has 1 saturated heterocycles. The van der Waals surface area contributed by atoms with Crippen LogP contribution in [0.4, 0.5) is 0 Å². The van der Waals surface area contributed by atoms with Crippen LogP contribution in [-0.2, 0) is 4.74 Å². The number of ether oxygens (including phenoxy) is 1. The second-order valence-electron chi connectivity index (χ2n) is 7.14. The number of hydrogen-bond donors (Lipinski definition) is 1. The molecule has 2 aliphatic rings. The van der Waals surface area contributed by atoms with Crippen molar-refractivity contribution in [1.82, 2.24) is 10.2 Å². The normalized spacial score (nSPS) is 24.8. The Labute approximate surface area is 152 Å². The van der Waals surface area contributed by atoms with E-state index < -0.39 is 0 Å². The van der Waals surface area contributed by atoms with E-state index in [0.29, 0.717) is 11.8 Å². The minimum Gasteiger partial charge on any atom is -0.377 e. The van der Waals surface area contributed by atoms with Crippen LogP contribution in [0, 0.1) is 5.92 Å². The molecule has 1 aromatic rings. The quantitative estimate of drug-likeness (QED) is 0.518. The summed E-state index contributed by atoms with van der Waals surface area (Å²) >= 11 is 0. The summed E-state index contributed by atoms with van der Waals surface area (Å²) < 4.78 is 5.37. The fourth-order valence-electron chi connectivity index (χ4n) is 3.99. The molecule has 1 N–H and O–H groups in total. The van der Waals surface area contributed by atoms with Gasteiger partial charge in [-0.15, -0.1) is 0 Å². The van der Waals surface area contributed by atoms with Crippen molar-refractivity contribution in [2.24, 2.45) is 10.9 Å². The van der Waals surface area contributed by atoms with Crippen LogP contribution in [0.5, 0.6) is 0 Å². The van der Waals surface area contributed by atoms with Gasteiger partial charge in [0, 0.05) is 26.7 Å². The summed E-state index contributed by atoms with van der Waals surface area (Å²) in [4.78, 5) is 6.93. The number of piperidine rings is 1. The Morgan fingerprint density at radius 1 is 1.32 bits per heavy atom. The lowest BCUT2D eigenvalue weighted by molar-refractivity contribution is 0.153. The van der Waals surface area contributed by atoms with Crippen LogP contribution in [0.3, 0.4) is 0 Å². The van der Waals surface area contributed by atoms with E-state index in [-0.39, 0.29) is 0 Å². The lowest BCUT2D eigenvalue weighted by Gasteiger charge is -2.39. The van der Waals surface area contributed by atoms with Gasteiger partial charge in [-0.1, -0.05) is 48.9 Å². The van der Waals surface area contributed by atoms with Gasteiger partial charge in [0.25, 0.3) is 0 Å². The molecular weight excluding hydrogens is 310 g/mol. The van der Waals surface area contributed by atoms with Gasteiger partial charge in [0.05, 0.1) is 13.2 Å². The second kappa shape index (κ2) is 9.04. The fraction of sp³-hybridized carbons (Fsp3) is 0.571. The summed E-state index contributed by atoms with van der Waals surface area (Å²) in [6.45, 7) is 7.09. The highest BCUT2D eigenvalue weighted by Gasteiger charge is 2.28. The number of rotatable bonds is 4. The van der Waals surface area contributed by atoms with Crippen LogP contribution >= 0.6 is 0 Å². The number of hydrogen-bond acceptors (Lipinski definition) is 2. The van der Waals surface area contributed by atoms with Gasteiger partial charge in [-0.2, -0.15) is 0 Å². The van der Waals surface area contributed by atoms with Gasteiger partial charge in [-0.25, -0.2) is 0 Å². The molecule has 136 valence electrons. The van der Waals surface area contributed by atoms with E-state index >= 15 is 0 Å². The van der Waals surface area contributed by atoms with Crippen LogP contribution in [-0.4, -0.2) is 50.8 Å². The SMILES string of the molecule is CN=C(NCCC1=CCOCC1)N1CCC(c2ccccc2)C(C)C1. The van der Waals surface area contributed by atoms with Crippen LogP contribution in [0.2, 0.25) is 0 Å². The topological polar surface area (TPSA) is 36.9 Å². The largest absolute Gasteiger partial charge is 0.377 e. The highest BCUT2D eigenvalue weighted by molar-refractivity contribution is 5.80. The number of nitrogens with zero attached hydrogens (tertiary/aromatic N) is 2. The van der Waals surface area contributed by atoms with Crippen molar-refractivity contribution >= 4 is 5.96 Å². The molecule has 0 aliphatic carbocycles. The van der Waals surface area contributed by atoms with Crippen molar-refractivity contribution < 1.29 is 4.74 Å². The number of benzene rings is 1. The zero-order valence-corrected chi connectivity index (χ0v) is 15.6. The van der Waals surface area contributed by atoms with Gasteiger partial charge in [0.2, 0.25) is 0 Å². The van der Waals surface area contributed by atoms with Crippen LogP contribution in [0.25, 0.3) is 0 Å². The third-order valence-electron chi connectivity index (χ3n) is 5.43. The van der Waals surface area contributed by atoms with Gasteiger partial charge in [-0.3, -0.25) is 4.99 Å². The molecule has 0 aromatic heterocycles. The van der Waals surface area contributed by atoms with E-state index in [4.69, 9.17) is 4.74 Å². The molecule has 1 aromatic carbocycles. The molecule has 0 radical (unpaired) electrons. The van der Waals surface area contributed by atoms with Crippen LogP contribution in [0.1, 0.15) is 37.7 Å². The molecule has 0 bridgehead atoms. The monoisotopic (exact) mass is 341 g/mol. The fourth-order valence-corrected chi connectivity index (χ4v) is 3.99. The van der Waals surface area contributed by atoms with Crippen molar-refractivity contribution in [2.75, 3.05) is 39.9 Å². The minimum atomic E-state index is 0.632. The number of likely N-dealkylation sites (tertiary alicyclic amines) is 1. The maximum Gasteiger partial charge on any atom is 0.193 e. The lowest BCUT2D eigenvalue weighted by Crippen LogP contribution is -2.48. The zero-order chi connectivity index (χ0) is 17.5. The number of aliphatic imine (C=N–C) groups is 1. The molecular formula is C21H31N3O. The first-order valence-corrected chi connectivity index (χ1v) is 9.54. The Morgan fingerprint density at radius 2 is 2.16 bits per heavy atom. The average molecular weight is 341 g/mol. The van der Waals surface area contributed by atoms with Gasteiger partial charge >= 0.3 is 0 Å². The van der Waals surface area contributed by atoms with E-state index in [1.165, 1.54) is 17.6 Å². The Bertz CT molecular complexity index is 596. The second-order valence-corrected chi connectivity index (χ2v) is 7.14. The molecule has 2 atom stereocenters. The molecule has 2 heterocycles. The highest BCUT2D eigenvalue weighted by Crippen LogP contribution is 2.32. The third kappa shape index (κ3) is 4.85. The Kier molecular flexibility index (Phi) is 6.51. The van der Waals surface area contributed by atoms with E-state index in [1.54, 1.807) is 0 Å². The molecule has 3 rings (SSSR count). The van der Waals surface area contributed by atoms with E-state index in [0.717, 1.165) is 51.6 Å². The van der Waals surface area contributed by atoms with Crippen molar-refractivity contribution in [3.05, 3.63) is 47.5 Å². The molecule has 2 unspecified atom stereocenters. The maximum atomic E-state index is 5.37. The zero-order valence-electron chi connectivity index (χ0n) is 15.6. The van der Waals surface area contributed by atoms with Gasteiger partial charge in [-0.05, 0) is 36.7 Å². The predicted molar refractivity (Wildman–Crippen MR) is 104 cm³/mol. The maximum absolute atomic E-state index is 5.37. The Morgan fingerprint density at radius 3 is 2.84 bits per heavy atom. The van der Waals surface area contributed by atoms with Gasteiger partial charge < -0.3 is 15.0 Å². The summed E-state index contributed by atoms with van der Waals surface area (Å²) in [6.07, 6.45) is 5.56. The van der Waals surface area contributed by atoms with Crippen molar-refractivity contribution in [1.29, 1.82) is 0 Å². The first kappa shape index (κ1) is 18.0. The van der Waals surface area contributed by atoms with E-state index in [2.05, 4.69) is 58.5 Å². The molecule has 25 heavy (non-hydrogen) atoms.